The normalized spacial score (nSPS) is 17.9. The Labute approximate surface area is 121 Å². The zero-order chi connectivity index (χ0) is 15.0. The van der Waals surface area contributed by atoms with Crippen LogP contribution in [0.2, 0.25) is 0 Å². The number of aromatic nitrogens is 4. The predicted octanol–water partition coefficient (Wildman–Crippen LogP) is 0.630. The number of likely N-dealkylation sites (tertiary alicyclic amines) is 1. The molecule has 0 aliphatic carbocycles. The minimum atomic E-state index is -0.113. The molecule has 1 fully saturated rings. The lowest BCUT2D eigenvalue weighted by Crippen LogP contribution is -2.44. The molecular weight excluding hydrogens is 270 g/mol. The standard InChI is InChI=1S/C14H19N5O2/c1-14(11-9-12(20)16-15-11)4-7-19(8-5-14)13(21)10-3-6-18(2)17-10/h3,6,9H,4-5,7-8H2,1-2H3,(H2,15,16,20). The molecule has 0 radical (unpaired) electrons. The van der Waals surface area contributed by atoms with Gasteiger partial charge in [-0.05, 0) is 18.9 Å². The summed E-state index contributed by atoms with van der Waals surface area (Å²) in [6.07, 6.45) is 3.41. The van der Waals surface area contributed by atoms with E-state index in [1.54, 1.807) is 30.1 Å². The third-order valence-corrected chi connectivity index (χ3v) is 4.33. The molecule has 3 rings (SSSR count). The number of H-pyrrole nitrogens is 2. The maximum atomic E-state index is 12.4. The van der Waals surface area contributed by atoms with E-state index in [1.165, 1.54) is 0 Å². The summed E-state index contributed by atoms with van der Waals surface area (Å²) in [5.41, 5.74) is 1.19. The fraction of sp³-hybridized carbons (Fsp3) is 0.500. The van der Waals surface area contributed by atoms with Gasteiger partial charge in [0.25, 0.3) is 11.5 Å². The summed E-state index contributed by atoms with van der Waals surface area (Å²) in [6.45, 7) is 3.45. The van der Waals surface area contributed by atoms with Gasteiger partial charge in [-0.2, -0.15) is 5.10 Å². The monoisotopic (exact) mass is 289 g/mol. The SMILES string of the molecule is Cn1ccc(C(=O)N2CCC(C)(c3cc(=O)[nH][nH]3)CC2)n1. The molecule has 1 amide bonds. The fourth-order valence-corrected chi connectivity index (χ4v) is 2.82. The first-order chi connectivity index (χ1) is 9.98. The third-order valence-electron chi connectivity index (χ3n) is 4.33. The van der Waals surface area contributed by atoms with Crippen molar-refractivity contribution < 1.29 is 4.79 Å². The Hall–Kier alpha value is -2.31. The van der Waals surface area contributed by atoms with Gasteiger partial charge in [0.1, 0.15) is 5.69 Å². The van der Waals surface area contributed by atoms with Crippen LogP contribution in [0.3, 0.4) is 0 Å². The van der Waals surface area contributed by atoms with Crippen LogP contribution in [0.25, 0.3) is 0 Å². The van der Waals surface area contributed by atoms with Crippen molar-refractivity contribution >= 4 is 5.91 Å². The summed E-state index contributed by atoms with van der Waals surface area (Å²) in [5.74, 6) is -0.0276. The second kappa shape index (κ2) is 4.91. The van der Waals surface area contributed by atoms with Gasteiger partial charge in [-0.1, -0.05) is 6.92 Å². The van der Waals surface area contributed by atoms with Crippen LogP contribution in [0.5, 0.6) is 0 Å². The molecule has 2 N–H and O–H groups in total. The lowest BCUT2D eigenvalue weighted by atomic mass is 9.77. The maximum Gasteiger partial charge on any atom is 0.274 e. The summed E-state index contributed by atoms with van der Waals surface area (Å²) < 4.78 is 1.63. The summed E-state index contributed by atoms with van der Waals surface area (Å²) >= 11 is 0. The van der Waals surface area contributed by atoms with E-state index in [0.717, 1.165) is 18.5 Å². The highest BCUT2D eigenvalue weighted by Crippen LogP contribution is 2.33. The van der Waals surface area contributed by atoms with Crippen LogP contribution in [0.1, 0.15) is 35.9 Å². The molecule has 2 aromatic heterocycles. The van der Waals surface area contributed by atoms with E-state index < -0.39 is 0 Å². The number of nitrogens with one attached hydrogen (secondary N) is 2. The van der Waals surface area contributed by atoms with Gasteiger partial charge in [0.2, 0.25) is 0 Å². The zero-order valence-electron chi connectivity index (χ0n) is 12.2. The molecule has 0 spiro atoms. The molecule has 1 aliphatic heterocycles. The van der Waals surface area contributed by atoms with Crippen LogP contribution in [0.15, 0.2) is 23.1 Å². The van der Waals surface area contributed by atoms with Gasteiger partial charge < -0.3 is 10.00 Å². The number of hydrogen-bond acceptors (Lipinski definition) is 3. The summed E-state index contributed by atoms with van der Waals surface area (Å²) in [6, 6.07) is 3.34. The molecule has 112 valence electrons. The van der Waals surface area contributed by atoms with Gasteiger partial charge in [-0.3, -0.25) is 19.4 Å². The van der Waals surface area contributed by atoms with Crippen molar-refractivity contribution in [2.24, 2.45) is 7.05 Å². The molecule has 0 bridgehead atoms. The first-order valence-electron chi connectivity index (χ1n) is 7.05. The average molecular weight is 289 g/mol. The van der Waals surface area contributed by atoms with E-state index in [2.05, 4.69) is 22.2 Å². The average Bonchev–Trinajstić information content (AvgIpc) is 3.08. The number of carbonyl (C=O) groups excluding carboxylic acids is 1. The summed E-state index contributed by atoms with van der Waals surface area (Å²) in [7, 11) is 1.80. The van der Waals surface area contributed by atoms with E-state index in [1.807, 2.05) is 4.90 Å². The second-order valence-electron chi connectivity index (χ2n) is 5.90. The summed E-state index contributed by atoms with van der Waals surface area (Å²) in [4.78, 5) is 25.5. The largest absolute Gasteiger partial charge is 0.337 e. The van der Waals surface area contributed by atoms with E-state index >= 15 is 0 Å². The first-order valence-corrected chi connectivity index (χ1v) is 7.05. The van der Waals surface area contributed by atoms with Gasteiger partial charge in [0.15, 0.2) is 0 Å². The highest BCUT2D eigenvalue weighted by atomic mass is 16.2. The lowest BCUT2D eigenvalue weighted by molar-refractivity contribution is 0.0667. The van der Waals surface area contributed by atoms with E-state index in [-0.39, 0.29) is 16.9 Å². The molecule has 1 saturated heterocycles. The van der Waals surface area contributed by atoms with Gasteiger partial charge in [0, 0.05) is 43.5 Å². The van der Waals surface area contributed by atoms with Crippen LogP contribution in [-0.2, 0) is 12.5 Å². The van der Waals surface area contributed by atoms with Gasteiger partial charge in [0.05, 0.1) is 0 Å². The lowest BCUT2D eigenvalue weighted by Gasteiger charge is -2.38. The van der Waals surface area contributed by atoms with Gasteiger partial charge in [-0.15, -0.1) is 0 Å². The van der Waals surface area contributed by atoms with Crippen LogP contribution in [0, 0.1) is 0 Å². The predicted molar refractivity (Wildman–Crippen MR) is 77.1 cm³/mol. The molecule has 0 saturated carbocycles. The second-order valence-corrected chi connectivity index (χ2v) is 5.90. The number of aryl methyl sites for hydroxylation is 1. The van der Waals surface area contributed by atoms with E-state index in [4.69, 9.17) is 0 Å². The molecule has 7 nitrogen and oxygen atoms in total. The minimum Gasteiger partial charge on any atom is -0.337 e. The quantitative estimate of drug-likeness (QED) is 0.850. The van der Waals surface area contributed by atoms with Crippen molar-refractivity contribution in [3.05, 3.63) is 40.1 Å². The Kier molecular flexibility index (Phi) is 3.19. The molecule has 1 aliphatic rings. The molecule has 2 aromatic rings. The highest BCUT2D eigenvalue weighted by Gasteiger charge is 2.35. The number of rotatable bonds is 2. The molecule has 21 heavy (non-hydrogen) atoms. The Balaban J connectivity index is 1.70. The topological polar surface area (TPSA) is 86.8 Å². The molecule has 7 heteroatoms. The third kappa shape index (κ3) is 2.51. The van der Waals surface area contributed by atoms with Gasteiger partial charge in [-0.25, -0.2) is 0 Å². The van der Waals surface area contributed by atoms with Crippen LogP contribution < -0.4 is 5.56 Å². The highest BCUT2D eigenvalue weighted by molar-refractivity contribution is 5.92. The molecule has 0 unspecified atom stereocenters. The van der Waals surface area contributed by atoms with Crippen molar-refractivity contribution in [2.75, 3.05) is 13.1 Å². The van der Waals surface area contributed by atoms with E-state index in [0.29, 0.717) is 18.8 Å². The Morgan fingerprint density at radius 2 is 2.05 bits per heavy atom. The van der Waals surface area contributed by atoms with Crippen molar-refractivity contribution in [3.63, 3.8) is 0 Å². The number of nitrogens with zero attached hydrogens (tertiary/aromatic N) is 3. The number of piperidine rings is 1. The number of aromatic amines is 2. The van der Waals surface area contributed by atoms with Crippen molar-refractivity contribution in [1.29, 1.82) is 0 Å². The van der Waals surface area contributed by atoms with E-state index in [9.17, 15) is 9.59 Å². The number of hydrogen-bond donors (Lipinski definition) is 2. The van der Waals surface area contributed by atoms with Crippen LogP contribution >= 0.6 is 0 Å². The molecule has 0 aromatic carbocycles. The zero-order valence-corrected chi connectivity index (χ0v) is 12.2. The molecule has 0 atom stereocenters. The molecular formula is C14H19N5O2. The Bertz CT molecular complexity index is 703. The maximum absolute atomic E-state index is 12.4. The smallest absolute Gasteiger partial charge is 0.274 e. The number of amides is 1. The van der Waals surface area contributed by atoms with Crippen LogP contribution in [-0.4, -0.2) is 43.9 Å². The van der Waals surface area contributed by atoms with Crippen molar-refractivity contribution in [2.45, 2.75) is 25.2 Å². The van der Waals surface area contributed by atoms with Crippen molar-refractivity contribution in [1.82, 2.24) is 24.9 Å². The van der Waals surface area contributed by atoms with Gasteiger partial charge >= 0.3 is 0 Å². The fourth-order valence-electron chi connectivity index (χ4n) is 2.82. The Morgan fingerprint density at radius 1 is 1.33 bits per heavy atom. The first kappa shape index (κ1) is 13.7. The molecule has 3 heterocycles. The summed E-state index contributed by atoms with van der Waals surface area (Å²) in [5, 5.41) is 9.67. The van der Waals surface area contributed by atoms with Crippen LogP contribution in [0.4, 0.5) is 0 Å². The van der Waals surface area contributed by atoms with Crippen molar-refractivity contribution in [3.8, 4) is 0 Å². The number of carbonyl (C=O) groups is 1. The Morgan fingerprint density at radius 3 is 2.57 bits per heavy atom. The minimum absolute atomic E-state index is 0.0276.